The maximum Gasteiger partial charge on any atom is 0.109 e. The van der Waals surface area contributed by atoms with E-state index in [0.29, 0.717) is 6.42 Å². The number of benzene rings is 2. The van der Waals surface area contributed by atoms with Crippen molar-refractivity contribution in [3.63, 3.8) is 0 Å². The third-order valence-electron chi connectivity index (χ3n) is 4.75. The third kappa shape index (κ3) is 3.57. The topological polar surface area (TPSA) is 32.3 Å². The van der Waals surface area contributed by atoms with Gasteiger partial charge in [-0.3, -0.25) is 5.32 Å². The van der Waals surface area contributed by atoms with E-state index in [0.717, 1.165) is 12.8 Å². The lowest BCUT2D eigenvalue weighted by molar-refractivity contribution is 0.0710. The summed E-state index contributed by atoms with van der Waals surface area (Å²) in [5.41, 5.74) is 2.40. The van der Waals surface area contributed by atoms with Crippen molar-refractivity contribution in [3.8, 4) is 0 Å². The zero-order valence-electron chi connectivity index (χ0n) is 13.0. The molecular formula is C20H25NO. The first-order valence-corrected chi connectivity index (χ1v) is 8.34. The maximum atomic E-state index is 10.6. The van der Waals surface area contributed by atoms with Gasteiger partial charge in [-0.2, -0.15) is 0 Å². The van der Waals surface area contributed by atoms with Gasteiger partial charge in [-0.25, -0.2) is 0 Å². The minimum Gasteiger partial charge on any atom is -0.378 e. The Kier molecular flexibility index (Phi) is 4.91. The average molecular weight is 295 g/mol. The van der Waals surface area contributed by atoms with Gasteiger partial charge in [0.1, 0.15) is 6.23 Å². The van der Waals surface area contributed by atoms with Crippen LogP contribution < -0.4 is 5.32 Å². The molecule has 2 heteroatoms. The van der Waals surface area contributed by atoms with Crippen LogP contribution in [0.2, 0.25) is 0 Å². The standard InChI is InChI=1S/C20H25NO/c22-19(16-17-10-4-1-5-11-17)21-20(14-8-3-9-15-20)18-12-6-2-7-13-18/h1-2,4-7,10-13,19,21-22H,3,8-9,14-16H2. The Morgan fingerprint density at radius 3 is 2.09 bits per heavy atom. The number of rotatable bonds is 5. The molecule has 0 aromatic heterocycles. The first-order chi connectivity index (χ1) is 10.8. The van der Waals surface area contributed by atoms with Gasteiger partial charge in [0, 0.05) is 12.0 Å². The van der Waals surface area contributed by atoms with E-state index in [9.17, 15) is 5.11 Å². The minimum absolute atomic E-state index is 0.0757. The molecule has 0 amide bonds. The zero-order valence-corrected chi connectivity index (χ0v) is 13.0. The average Bonchev–Trinajstić information content (AvgIpc) is 2.57. The SMILES string of the molecule is OC(Cc1ccccc1)NC1(c2ccccc2)CCCCC1. The normalized spacial score (nSPS) is 18.8. The molecular weight excluding hydrogens is 270 g/mol. The van der Waals surface area contributed by atoms with Crippen LogP contribution >= 0.6 is 0 Å². The van der Waals surface area contributed by atoms with Gasteiger partial charge in [-0.05, 0) is 24.0 Å². The molecule has 1 atom stereocenters. The predicted molar refractivity (Wildman–Crippen MR) is 90.5 cm³/mol. The summed E-state index contributed by atoms with van der Waals surface area (Å²) in [7, 11) is 0. The van der Waals surface area contributed by atoms with Gasteiger partial charge in [-0.1, -0.05) is 79.9 Å². The summed E-state index contributed by atoms with van der Waals surface area (Å²) >= 11 is 0. The fourth-order valence-corrected chi connectivity index (χ4v) is 3.64. The number of hydrogen-bond acceptors (Lipinski definition) is 2. The lowest BCUT2D eigenvalue weighted by atomic mass is 9.76. The minimum atomic E-state index is -0.513. The van der Waals surface area contributed by atoms with Crippen LogP contribution in [0.4, 0.5) is 0 Å². The largest absolute Gasteiger partial charge is 0.378 e. The van der Waals surface area contributed by atoms with E-state index in [1.165, 1.54) is 30.4 Å². The summed E-state index contributed by atoms with van der Waals surface area (Å²) in [6, 6.07) is 20.8. The van der Waals surface area contributed by atoms with Gasteiger partial charge in [0.25, 0.3) is 0 Å². The van der Waals surface area contributed by atoms with Crippen LogP contribution in [0.5, 0.6) is 0 Å². The van der Waals surface area contributed by atoms with E-state index in [4.69, 9.17) is 0 Å². The van der Waals surface area contributed by atoms with Crippen molar-refractivity contribution in [1.82, 2.24) is 5.32 Å². The van der Waals surface area contributed by atoms with E-state index < -0.39 is 6.23 Å². The Morgan fingerprint density at radius 1 is 0.864 bits per heavy atom. The van der Waals surface area contributed by atoms with E-state index in [-0.39, 0.29) is 5.54 Å². The summed E-state index contributed by atoms with van der Waals surface area (Å²) < 4.78 is 0. The summed E-state index contributed by atoms with van der Waals surface area (Å²) in [4.78, 5) is 0. The molecule has 0 saturated heterocycles. The molecule has 116 valence electrons. The van der Waals surface area contributed by atoms with Crippen LogP contribution in [0.25, 0.3) is 0 Å². The highest BCUT2D eigenvalue weighted by atomic mass is 16.3. The Bertz CT molecular complexity index is 561. The highest BCUT2D eigenvalue weighted by molar-refractivity contribution is 5.25. The van der Waals surface area contributed by atoms with Crippen molar-refractivity contribution in [3.05, 3.63) is 71.8 Å². The van der Waals surface area contributed by atoms with Gasteiger partial charge in [0.2, 0.25) is 0 Å². The van der Waals surface area contributed by atoms with Crippen molar-refractivity contribution in [2.75, 3.05) is 0 Å². The quantitative estimate of drug-likeness (QED) is 0.817. The first-order valence-electron chi connectivity index (χ1n) is 8.34. The molecule has 1 aliphatic rings. The highest BCUT2D eigenvalue weighted by Gasteiger charge is 2.35. The molecule has 1 aliphatic carbocycles. The molecule has 2 aromatic rings. The lowest BCUT2D eigenvalue weighted by Gasteiger charge is -2.40. The zero-order chi connectivity index (χ0) is 15.3. The molecule has 0 heterocycles. The number of nitrogens with one attached hydrogen (secondary N) is 1. The molecule has 1 unspecified atom stereocenters. The number of aliphatic hydroxyl groups is 1. The second-order valence-electron chi connectivity index (χ2n) is 6.36. The molecule has 1 fully saturated rings. The van der Waals surface area contributed by atoms with Gasteiger partial charge < -0.3 is 5.11 Å². The summed E-state index contributed by atoms with van der Waals surface area (Å²) in [6.45, 7) is 0. The molecule has 3 rings (SSSR count). The number of hydrogen-bond donors (Lipinski definition) is 2. The van der Waals surface area contributed by atoms with Crippen LogP contribution in [0.1, 0.15) is 43.2 Å². The Labute approximate surface area is 133 Å². The summed E-state index contributed by atoms with van der Waals surface area (Å²) in [5, 5.41) is 14.1. The molecule has 1 saturated carbocycles. The lowest BCUT2D eigenvalue weighted by Crippen LogP contribution is -2.50. The van der Waals surface area contributed by atoms with Gasteiger partial charge >= 0.3 is 0 Å². The molecule has 2 nitrogen and oxygen atoms in total. The molecule has 0 radical (unpaired) electrons. The van der Waals surface area contributed by atoms with E-state index >= 15 is 0 Å². The van der Waals surface area contributed by atoms with Crippen molar-refractivity contribution in [2.24, 2.45) is 0 Å². The second kappa shape index (κ2) is 7.08. The Morgan fingerprint density at radius 2 is 1.45 bits per heavy atom. The van der Waals surface area contributed by atoms with Crippen molar-refractivity contribution in [1.29, 1.82) is 0 Å². The van der Waals surface area contributed by atoms with Gasteiger partial charge in [0.05, 0.1) is 0 Å². The fraction of sp³-hybridized carbons (Fsp3) is 0.400. The van der Waals surface area contributed by atoms with Crippen molar-refractivity contribution >= 4 is 0 Å². The first kappa shape index (κ1) is 15.3. The summed E-state index contributed by atoms with van der Waals surface area (Å²) in [6.07, 6.45) is 6.08. The van der Waals surface area contributed by atoms with E-state index in [1.807, 2.05) is 18.2 Å². The smallest absolute Gasteiger partial charge is 0.109 e. The highest BCUT2D eigenvalue weighted by Crippen LogP contribution is 2.37. The maximum absolute atomic E-state index is 10.6. The van der Waals surface area contributed by atoms with Crippen molar-refractivity contribution < 1.29 is 5.11 Å². The van der Waals surface area contributed by atoms with E-state index in [1.54, 1.807) is 0 Å². The number of aliphatic hydroxyl groups excluding tert-OH is 1. The van der Waals surface area contributed by atoms with Crippen LogP contribution in [0, 0.1) is 0 Å². The van der Waals surface area contributed by atoms with Crippen LogP contribution in [-0.4, -0.2) is 11.3 Å². The molecule has 22 heavy (non-hydrogen) atoms. The van der Waals surface area contributed by atoms with Gasteiger partial charge in [-0.15, -0.1) is 0 Å². The Hall–Kier alpha value is -1.64. The summed E-state index contributed by atoms with van der Waals surface area (Å²) in [5.74, 6) is 0. The Balaban J connectivity index is 1.76. The van der Waals surface area contributed by atoms with E-state index in [2.05, 4.69) is 47.8 Å². The van der Waals surface area contributed by atoms with Gasteiger partial charge in [0.15, 0.2) is 0 Å². The van der Waals surface area contributed by atoms with Crippen LogP contribution in [0.3, 0.4) is 0 Å². The predicted octanol–water partition coefficient (Wildman–Crippen LogP) is 4.00. The fourth-order valence-electron chi connectivity index (χ4n) is 3.64. The second-order valence-corrected chi connectivity index (χ2v) is 6.36. The molecule has 2 aromatic carbocycles. The third-order valence-corrected chi connectivity index (χ3v) is 4.75. The monoisotopic (exact) mass is 295 g/mol. The van der Waals surface area contributed by atoms with Crippen molar-refractivity contribution in [2.45, 2.75) is 50.3 Å². The molecule has 2 N–H and O–H groups in total. The molecule has 0 bridgehead atoms. The van der Waals surface area contributed by atoms with Crippen LogP contribution in [0.15, 0.2) is 60.7 Å². The van der Waals surface area contributed by atoms with Crippen LogP contribution in [-0.2, 0) is 12.0 Å². The molecule has 0 spiro atoms. The molecule has 0 aliphatic heterocycles.